The van der Waals surface area contributed by atoms with Crippen molar-refractivity contribution in [3.63, 3.8) is 0 Å². The fraction of sp³-hybridized carbons (Fsp3) is 0.212. The molecule has 0 unspecified atom stereocenters. The summed E-state index contributed by atoms with van der Waals surface area (Å²) in [5.74, 6) is -3.25. The number of methoxy groups -OCH3 is 3. The number of aromatic hydroxyl groups is 3. The number of carbonyl (C=O) groups excluding carboxylic acids is 2. The molecule has 0 bridgehead atoms. The summed E-state index contributed by atoms with van der Waals surface area (Å²) >= 11 is 0. The van der Waals surface area contributed by atoms with Crippen LogP contribution >= 0.6 is 0 Å². The van der Waals surface area contributed by atoms with Gasteiger partial charge in [-0.05, 0) is 35.4 Å². The molecule has 0 saturated carbocycles. The number of rotatable bonds is 6. The van der Waals surface area contributed by atoms with Crippen molar-refractivity contribution in [1.29, 1.82) is 0 Å². The van der Waals surface area contributed by atoms with Gasteiger partial charge in [0, 0.05) is 24.3 Å². The van der Waals surface area contributed by atoms with Crippen LogP contribution in [0.1, 0.15) is 44.1 Å². The second-order valence-corrected chi connectivity index (χ2v) is 10.3. The SMILES string of the molecule is COc1ccc([C@H]2Oc3cc(O)cc(O)c3C(=O)[C@@H]2[C@@H]2C(=O)c3c(O)cc(OC)cc3O[C@@H]2c2ccc(OC)cc2)cc1. The van der Waals surface area contributed by atoms with Crippen molar-refractivity contribution in [2.45, 2.75) is 12.2 Å². The minimum absolute atomic E-state index is 0.0299. The van der Waals surface area contributed by atoms with Crippen LogP contribution in [0.15, 0.2) is 72.8 Å². The minimum atomic E-state index is -1.23. The van der Waals surface area contributed by atoms with Gasteiger partial charge in [0.25, 0.3) is 0 Å². The van der Waals surface area contributed by atoms with Gasteiger partial charge in [-0.1, -0.05) is 24.3 Å². The molecule has 2 aliphatic heterocycles. The lowest BCUT2D eigenvalue weighted by molar-refractivity contribution is 0.0129. The molecule has 220 valence electrons. The zero-order chi connectivity index (χ0) is 30.4. The summed E-state index contributed by atoms with van der Waals surface area (Å²) in [6.45, 7) is 0. The molecule has 10 nitrogen and oxygen atoms in total. The van der Waals surface area contributed by atoms with Crippen molar-refractivity contribution in [1.82, 2.24) is 0 Å². The monoisotopic (exact) mass is 584 g/mol. The predicted molar refractivity (Wildman–Crippen MR) is 153 cm³/mol. The van der Waals surface area contributed by atoms with Gasteiger partial charge < -0.3 is 39.0 Å². The molecular formula is C33H28O10. The summed E-state index contributed by atoms with van der Waals surface area (Å²) in [7, 11) is 4.48. The van der Waals surface area contributed by atoms with E-state index in [2.05, 4.69) is 0 Å². The molecule has 0 radical (unpaired) electrons. The third-order valence-electron chi connectivity index (χ3n) is 7.89. The Morgan fingerprint density at radius 3 is 1.42 bits per heavy atom. The van der Waals surface area contributed by atoms with Crippen LogP contribution in [-0.4, -0.2) is 48.2 Å². The number of phenolic OH excluding ortho intramolecular Hbond substituents is 3. The lowest BCUT2D eigenvalue weighted by atomic mass is 9.69. The number of phenols is 3. The summed E-state index contributed by atoms with van der Waals surface area (Å²) in [5.41, 5.74) is 0.837. The fourth-order valence-corrected chi connectivity index (χ4v) is 5.83. The maximum atomic E-state index is 14.5. The van der Waals surface area contributed by atoms with Crippen LogP contribution in [-0.2, 0) is 0 Å². The Labute approximate surface area is 246 Å². The Bertz CT molecular complexity index is 1710. The van der Waals surface area contributed by atoms with Gasteiger partial charge in [-0.3, -0.25) is 9.59 Å². The topological polar surface area (TPSA) is 141 Å². The Morgan fingerprint density at radius 1 is 0.558 bits per heavy atom. The highest BCUT2D eigenvalue weighted by Gasteiger charge is 2.53. The Hall–Kier alpha value is -5.38. The molecule has 0 aromatic heterocycles. The third kappa shape index (κ3) is 4.70. The highest BCUT2D eigenvalue weighted by atomic mass is 16.5. The zero-order valence-electron chi connectivity index (χ0n) is 23.4. The molecule has 4 atom stereocenters. The minimum Gasteiger partial charge on any atom is -0.508 e. The number of Topliss-reactive ketones (excluding diaryl/α,β-unsaturated/α-hetero) is 2. The van der Waals surface area contributed by atoms with E-state index in [1.54, 1.807) is 48.5 Å². The van der Waals surface area contributed by atoms with Gasteiger partial charge in [0.15, 0.2) is 11.6 Å². The van der Waals surface area contributed by atoms with E-state index < -0.39 is 41.4 Å². The van der Waals surface area contributed by atoms with Gasteiger partial charge >= 0.3 is 0 Å². The average Bonchev–Trinajstić information content (AvgIpc) is 3.00. The van der Waals surface area contributed by atoms with E-state index >= 15 is 0 Å². The molecule has 2 aliphatic rings. The number of ketones is 2. The first-order valence-corrected chi connectivity index (χ1v) is 13.4. The summed E-state index contributed by atoms with van der Waals surface area (Å²) in [6, 6.07) is 18.8. The van der Waals surface area contributed by atoms with Crippen LogP contribution in [0.5, 0.6) is 46.0 Å². The van der Waals surface area contributed by atoms with Crippen LogP contribution < -0.4 is 23.7 Å². The first kappa shape index (κ1) is 27.8. The molecule has 43 heavy (non-hydrogen) atoms. The van der Waals surface area contributed by atoms with Crippen LogP contribution in [0, 0.1) is 11.8 Å². The lowest BCUT2D eigenvalue weighted by Crippen LogP contribution is -2.45. The molecule has 0 spiro atoms. The summed E-state index contributed by atoms with van der Waals surface area (Å²) < 4.78 is 28.6. The molecule has 0 amide bonds. The van der Waals surface area contributed by atoms with Crippen molar-refractivity contribution in [3.8, 4) is 46.0 Å². The second-order valence-electron chi connectivity index (χ2n) is 10.3. The van der Waals surface area contributed by atoms with Gasteiger partial charge in [-0.15, -0.1) is 0 Å². The normalized spacial score (nSPS) is 20.7. The maximum absolute atomic E-state index is 14.5. The van der Waals surface area contributed by atoms with Crippen molar-refractivity contribution in [2.24, 2.45) is 11.8 Å². The molecule has 0 fully saturated rings. The van der Waals surface area contributed by atoms with E-state index in [-0.39, 0.29) is 39.9 Å². The molecule has 0 aliphatic carbocycles. The van der Waals surface area contributed by atoms with E-state index in [0.29, 0.717) is 22.6 Å². The molecule has 0 saturated heterocycles. The summed E-state index contributed by atoms with van der Waals surface area (Å²) in [6.07, 6.45) is -2.07. The van der Waals surface area contributed by atoms with E-state index in [1.165, 1.54) is 39.5 Å². The fourth-order valence-electron chi connectivity index (χ4n) is 5.83. The third-order valence-corrected chi connectivity index (χ3v) is 7.89. The molecular weight excluding hydrogens is 556 g/mol. The lowest BCUT2D eigenvalue weighted by Gasteiger charge is -2.42. The first-order valence-electron chi connectivity index (χ1n) is 13.4. The molecule has 3 N–H and O–H groups in total. The predicted octanol–water partition coefficient (Wildman–Crippen LogP) is 5.39. The van der Waals surface area contributed by atoms with Gasteiger partial charge in [0.05, 0.1) is 33.2 Å². The smallest absolute Gasteiger partial charge is 0.178 e. The van der Waals surface area contributed by atoms with Crippen molar-refractivity contribution < 1.29 is 48.6 Å². The molecule has 6 rings (SSSR count). The number of fused-ring (bicyclic) bond motifs is 2. The largest absolute Gasteiger partial charge is 0.508 e. The quantitative estimate of drug-likeness (QED) is 0.270. The maximum Gasteiger partial charge on any atom is 0.178 e. The molecule has 2 heterocycles. The number of hydrogen-bond acceptors (Lipinski definition) is 10. The van der Waals surface area contributed by atoms with E-state index in [9.17, 15) is 24.9 Å². The summed E-state index contributed by atoms with van der Waals surface area (Å²) in [4.78, 5) is 28.9. The second kappa shape index (κ2) is 10.8. The van der Waals surface area contributed by atoms with Gasteiger partial charge in [-0.25, -0.2) is 0 Å². The number of ether oxygens (including phenoxy) is 5. The zero-order valence-corrected chi connectivity index (χ0v) is 23.4. The van der Waals surface area contributed by atoms with Crippen LogP contribution in [0.3, 0.4) is 0 Å². The number of carbonyl (C=O) groups is 2. The first-order chi connectivity index (χ1) is 20.7. The van der Waals surface area contributed by atoms with E-state index in [0.717, 1.165) is 6.07 Å². The van der Waals surface area contributed by atoms with E-state index in [1.807, 2.05) is 0 Å². The Balaban J connectivity index is 1.57. The summed E-state index contributed by atoms with van der Waals surface area (Å²) in [5, 5.41) is 31.8. The van der Waals surface area contributed by atoms with Gasteiger partial charge in [0.2, 0.25) is 0 Å². The highest BCUT2D eigenvalue weighted by molar-refractivity contribution is 6.11. The van der Waals surface area contributed by atoms with E-state index in [4.69, 9.17) is 23.7 Å². The van der Waals surface area contributed by atoms with Crippen molar-refractivity contribution >= 4 is 11.6 Å². The van der Waals surface area contributed by atoms with Crippen molar-refractivity contribution in [2.75, 3.05) is 21.3 Å². The van der Waals surface area contributed by atoms with Crippen molar-refractivity contribution in [3.05, 3.63) is 95.1 Å². The number of hydrogen-bond donors (Lipinski definition) is 3. The molecule has 4 aromatic rings. The average molecular weight is 585 g/mol. The van der Waals surface area contributed by atoms with Gasteiger partial charge in [-0.2, -0.15) is 0 Å². The Morgan fingerprint density at radius 2 is 0.977 bits per heavy atom. The van der Waals surface area contributed by atoms with Crippen LogP contribution in [0.4, 0.5) is 0 Å². The molecule has 10 heteroatoms. The van der Waals surface area contributed by atoms with Crippen LogP contribution in [0.25, 0.3) is 0 Å². The standard InChI is InChI=1S/C33H28O10/c1-39-19-8-4-16(5-9-19)32-28(30(37)26-22(35)12-18(34)13-24(26)42-32)29-31(38)27-23(36)14-21(41-3)15-25(27)43-33(29)17-6-10-20(40-2)11-7-17/h4-15,28-29,32-36H,1-3H3/t28-,29+,32+,33+/m0/s1. The van der Waals surface area contributed by atoms with Gasteiger partial charge in [0.1, 0.15) is 69.3 Å². The number of benzene rings is 4. The van der Waals surface area contributed by atoms with Crippen LogP contribution in [0.2, 0.25) is 0 Å². The Kier molecular flexibility index (Phi) is 6.97. The highest BCUT2D eigenvalue weighted by Crippen LogP contribution is 2.53. The molecule has 4 aromatic carbocycles.